The van der Waals surface area contributed by atoms with Crippen molar-refractivity contribution in [1.82, 2.24) is 9.21 Å². The van der Waals surface area contributed by atoms with Gasteiger partial charge in [-0.2, -0.15) is 4.31 Å². The molecule has 5 aromatic rings. The van der Waals surface area contributed by atoms with Crippen molar-refractivity contribution in [2.75, 3.05) is 7.05 Å². The van der Waals surface area contributed by atoms with E-state index < -0.39 is 16.1 Å². The smallest absolute Gasteiger partial charge is 0.244 e. The van der Waals surface area contributed by atoms with E-state index in [0.717, 1.165) is 38.6 Å². The van der Waals surface area contributed by atoms with Crippen LogP contribution >= 0.6 is 0 Å². The summed E-state index contributed by atoms with van der Waals surface area (Å²) in [4.78, 5) is 16.2. The molecule has 0 spiro atoms. The lowest BCUT2D eigenvalue weighted by Gasteiger charge is -2.37. The number of sulfonamides is 1. The van der Waals surface area contributed by atoms with Gasteiger partial charge in [-0.3, -0.25) is 4.79 Å². The zero-order valence-corrected chi connectivity index (χ0v) is 26.1. The maximum atomic E-state index is 14.4. The van der Waals surface area contributed by atoms with Crippen LogP contribution in [0.4, 0.5) is 0 Å². The first-order valence-corrected chi connectivity index (χ1v) is 16.2. The Balaban J connectivity index is 1.35. The number of hydrogen-bond acceptors (Lipinski definition) is 4. The highest BCUT2D eigenvalue weighted by Gasteiger charge is 2.41. The van der Waals surface area contributed by atoms with Crippen molar-refractivity contribution in [2.45, 2.75) is 50.9 Å². The Labute approximate surface area is 259 Å². The zero-order chi connectivity index (χ0) is 30.8. The molecule has 5 aromatic carbocycles. The number of hydrogen-bond donors (Lipinski definition) is 0. The van der Waals surface area contributed by atoms with Crippen LogP contribution in [0, 0.1) is 13.8 Å². The Morgan fingerprint density at radius 2 is 1.57 bits per heavy atom. The predicted octanol–water partition coefficient (Wildman–Crippen LogP) is 6.81. The summed E-state index contributed by atoms with van der Waals surface area (Å²) in [5, 5.41) is 2.03. The molecule has 0 N–H and O–H groups in total. The summed E-state index contributed by atoms with van der Waals surface area (Å²) in [5.74, 6) is 0.441. The highest BCUT2D eigenvalue weighted by atomic mass is 32.2. The van der Waals surface area contributed by atoms with Gasteiger partial charge >= 0.3 is 0 Å². The fourth-order valence-electron chi connectivity index (χ4n) is 5.99. The molecule has 0 aliphatic carbocycles. The maximum Gasteiger partial charge on any atom is 0.244 e. The predicted molar refractivity (Wildman–Crippen MR) is 174 cm³/mol. The Kier molecular flexibility index (Phi) is 8.25. The number of rotatable bonds is 8. The Morgan fingerprint density at radius 3 is 2.36 bits per heavy atom. The molecule has 0 unspecified atom stereocenters. The zero-order valence-electron chi connectivity index (χ0n) is 25.2. The van der Waals surface area contributed by atoms with Crippen LogP contribution in [0.1, 0.15) is 33.4 Å². The average Bonchev–Trinajstić information content (AvgIpc) is 3.04. The molecular weight excluding hydrogens is 568 g/mol. The van der Waals surface area contributed by atoms with E-state index in [-0.39, 0.29) is 23.9 Å². The summed E-state index contributed by atoms with van der Waals surface area (Å²) < 4.78 is 36.2. The van der Waals surface area contributed by atoms with Crippen LogP contribution in [0.25, 0.3) is 10.8 Å². The van der Waals surface area contributed by atoms with E-state index in [1.807, 2.05) is 110 Å². The first-order valence-electron chi connectivity index (χ1n) is 14.8. The maximum absolute atomic E-state index is 14.4. The van der Waals surface area contributed by atoms with Gasteiger partial charge in [0, 0.05) is 25.7 Å². The van der Waals surface area contributed by atoms with Gasteiger partial charge in [0.05, 0.1) is 4.90 Å². The van der Waals surface area contributed by atoms with Crippen LogP contribution in [-0.2, 0) is 40.9 Å². The number of amides is 1. The Bertz CT molecular complexity index is 1940. The van der Waals surface area contributed by atoms with Gasteiger partial charge in [-0.15, -0.1) is 0 Å². The SMILES string of the molecule is Cc1ccc(C)c(S(=O)(=O)N2Cc3ccccc3C[C@H]2C(=O)N(C)Cc2c(OCc3ccccc3)ccc3ccccc23)c1. The molecule has 0 bridgehead atoms. The molecule has 0 aromatic heterocycles. The van der Waals surface area contributed by atoms with Crippen molar-refractivity contribution < 1.29 is 17.9 Å². The summed E-state index contributed by atoms with van der Waals surface area (Å²) in [6.07, 6.45) is 0.302. The second-order valence-corrected chi connectivity index (χ2v) is 13.4. The van der Waals surface area contributed by atoms with Crippen molar-refractivity contribution in [1.29, 1.82) is 0 Å². The summed E-state index contributed by atoms with van der Waals surface area (Å²) >= 11 is 0. The van der Waals surface area contributed by atoms with Crippen molar-refractivity contribution >= 4 is 26.7 Å². The van der Waals surface area contributed by atoms with Crippen LogP contribution in [0.15, 0.2) is 114 Å². The van der Waals surface area contributed by atoms with Gasteiger partial charge < -0.3 is 9.64 Å². The molecule has 44 heavy (non-hydrogen) atoms. The topological polar surface area (TPSA) is 66.9 Å². The van der Waals surface area contributed by atoms with E-state index in [1.165, 1.54) is 4.31 Å². The number of carbonyl (C=O) groups excluding carboxylic acids is 1. The number of carbonyl (C=O) groups is 1. The molecule has 6 rings (SSSR count). The lowest BCUT2D eigenvalue weighted by Crippen LogP contribution is -2.52. The van der Waals surface area contributed by atoms with Crippen molar-refractivity contribution in [3.8, 4) is 5.75 Å². The van der Waals surface area contributed by atoms with Gasteiger partial charge in [0.15, 0.2) is 0 Å². The highest BCUT2D eigenvalue weighted by molar-refractivity contribution is 7.89. The number of aryl methyl sites for hydroxylation is 2. The number of benzene rings is 5. The summed E-state index contributed by atoms with van der Waals surface area (Å²) in [7, 11) is -2.24. The minimum Gasteiger partial charge on any atom is -0.489 e. The molecule has 0 saturated carbocycles. The minimum absolute atomic E-state index is 0.135. The normalized spacial score (nSPS) is 15.1. The highest BCUT2D eigenvalue weighted by Crippen LogP contribution is 2.34. The quantitative estimate of drug-likeness (QED) is 0.195. The number of ether oxygens (including phenoxy) is 1. The standard InChI is InChI=1S/C37H36N2O4S/c1-26-17-18-27(2)36(21-26)44(41,42)39-23-31-15-8-7-14-30(31)22-34(39)37(40)38(3)24-33-32-16-10-9-13-29(32)19-20-35(33)43-25-28-11-5-4-6-12-28/h4-21,34H,22-25H2,1-3H3/t34-/m0/s1. The number of fused-ring (bicyclic) bond motifs is 2. The van der Waals surface area contributed by atoms with Crippen molar-refractivity contribution in [2.24, 2.45) is 0 Å². The molecule has 1 aliphatic heterocycles. The average molecular weight is 605 g/mol. The third kappa shape index (κ3) is 5.85. The van der Waals surface area contributed by atoms with E-state index in [4.69, 9.17) is 4.74 Å². The fraction of sp³-hybridized carbons (Fsp3) is 0.216. The van der Waals surface area contributed by atoms with Crippen LogP contribution in [-0.4, -0.2) is 36.6 Å². The first-order chi connectivity index (χ1) is 21.2. The van der Waals surface area contributed by atoms with Gasteiger partial charge in [-0.1, -0.05) is 97.1 Å². The Morgan fingerprint density at radius 1 is 0.864 bits per heavy atom. The summed E-state index contributed by atoms with van der Waals surface area (Å²) in [6, 6.07) is 34.3. The van der Waals surface area contributed by atoms with Crippen LogP contribution in [0.3, 0.4) is 0 Å². The van der Waals surface area contributed by atoms with Crippen LogP contribution in [0.2, 0.25) is 0 Å². The molecule has 7 heteroatoms. The molecule has 1 amide bonds. The third-order valence-electron chi connectivity index (χ3n) is 8.43. The molecule has 224 valence electrons. The van der Waals surface area contributed by atoms with E-state index in [0.29, 0.717) is 24.3 Å². The molecule has 0 fully saturated rings. The van der Waals surface area contributed by atoms with Crippen molar-refractivity contribution in [3.05, 3.63) is 143 Å². The molecule has 0 radical (unpaired) electrons. The number of likely N-dealkylation sites (N-methyl/N-ethyl adjacent to an activating group) is 1. The summed E-state index contributed by atoms with van der Waals surface area (Å²) in [6.45, 7) is 4.47. The monoisotopic (exact) mass is 604 g/mol. The van der Waals surface area contributed by atoms with Gasteiger partial charge in [-0.25, -0.2) is 8.42 Å². The Hall–Kier alpha value is -4.46. The van der Waals surface area contributed by atoms with Crippen LogP contribution in [0.5, 0.6) is 5.75 Å². The molecular formula is C37H36N2O4S. The molecule has 1 atom stereocenters. The fourth-order valence-corrected chi connectivity index (χ4v) is 7.86. The summed E-state index contributed by atoms with van der Waals surface area (Å²) in [5.41, 5.74) is 5.34. The van der Waals surface area contributed by atoms with Gasteiger partial charge in [0.1, 0.15) is 18.4 Å². The van der Waals surface area contributed by atoms with Crippen molar-refractivity contribution in [3.63, 3.8) is 0 Å². The first kappa shape index (κ1) is 29.6. The lowest BCUT2D eigenvalue weighted by molar-refractivity contribution is -0.135. The van der Waals surface area contributed by atoms with E-state index >= 15 is 0 Å². The molecule has 1 aliphatic rings. The van der Waals surface area contributed by atoms with E-state index in [9.17, 15) is 13.2 Å². The van der Waals surface area contributed by atoms with Gasteiger partial charge in [0.25, 0.3) is 0 Å². The van der Waals surface area contributed by atoms with Crippen LogP contribution < -0.4 is 4.74 Å². The second kappa shape index (κ2) is 12.3. The van der Waals surface area contributed by atoms with E-state index in [2.05, 4.69) is 0 Å². The molecule has 6 nitrogen and oxygen atoms in total. The van der Waals surface area contributed by atoms with Gasteiger partial charge in [0.2, 0.25) is 15.9 Å². The molecule has 1 heterocycles. The second-order valence-electron chi connectivity index (χ2n) is 11.5. The lowest BCUT2D eigenvalue weighted by atomic mass is 9.95. The molecule has 0 saturated heterocycles. The number of nitrogens with zero attached hydrogens (tertiary/aromatic N) is 2. The van der Waals surface area contributed by atoms with E-state index in [1.54, 1.807) is 24.9 Å². The van der Waals surface area contributed by atoms with Gasteiger partial charge in [-0.05, 0) is 71.0 Å². The minimum atomic E-state index is -3.98. The largest absolute Gasteiger partial charge is 0.489 e. The third-order valence-corrected chi connectivity index (χ3v) is 10.4.